The third-order valence-corrected chi connectivity index (χ3v) is 3.28. The molecule has 8 nitrogen and oxygen atoms in total. The number of fused-ring (bicyclic) bond motifs is 1. The first-order chi connectivity index (χ1) is 10.1. The van der Waals surface area contributed by atoms with Crippen molar-refractivity contribution in [1.82, 2.24) is 14.3 Å². The van der Waals surface area contributed by atoms with Crippen LogP contribution in [0.2, 0.25) is 0 Å². The highest BCUT2D eigenvalue weighted by molar-refractivity contribution is 5.73. The van der Waals surface area contributed by atoms with Gasteiger partial charge in [-0.2, -0.15) is 0 Å². The van der Waals surface area contributed by atoms with Crippen molar-refractivity contribution in [3.8, 4) is 0 Å². The first kappa shape index (κ1) is 13.1. The van der Waals surface area contributed by atoms with Crippen molar-refractivity contribution in [2.24, 2.45) is 5.73 Å². The molecule has 1 amide bonds. The molecule has 8 heteroatoms. The van der Waals surface area contributed by atoms with E-state index in [9.17, 15) is 14.4 Å². The molecule has 2 aromatic rings. The fourth-order valence-corrected chi connectivity index (χ4v) is 2.33. The lowest BCUT2D eigenvalue weighted by atomic mass is 10.3. The maximum Gasteiger partial charge on any atom is 0.333 e. The predicted molar refractivity (Wildman–Crippen MR) is 75.4 cm³/mol. The van der Waals surface area contributed by atoms with Crippen LogP contribution >= 0.6 is 0 Å². The quantitative estimate of drug-likeness (QED) is 0.732. The summed E-state index contributed by atoms with van der Waals surface area (Å²) in [6, 6.07) is 9.38. The summed E-state index contributed by atoms with van der Waals surface area (Å²) in [6.45, 7) is 0.500. The van der Waals surface area contributed by atoms with Crippen molar-refractivity contribution in [2.45, 2.75) is 13.1 Å². The average molecular weight is 287 g/mol. The SMILES string of the molecule is NC(=O)Cn1nc2n(c(=O)c1=O)CCN2c1ccccc1. The molecule has 1 aromatic heterocycles. The molecule has 0 radical (unpaired) electrons. The van der Waals surface area contributed by atoms with E-state index < -0.39 is 23.6 Å². The van der Waals surface area contributed by atoms with Crippen LogP contribution in [0.1, 0.15) is 0 Å². The topological polar surface area (TPSA) is 103 Å². The minimum absolute atomic E-state index is 0.340. The fraction of sp³-hybridized carbons (Fsp3) is 0.231. The van der Waals surface area contributed by atoms with E-state index in [4.69, 9.17) is 5.73 Å². The van der Waals surface area contributed by atoms with Crippen molar-refractivity contribution < 1.29 is 4.79 Å². The molecule has 0 bridgehead atoms. The van der Waals surface area contributed by atoms with E-state index in [0.29, 0.717) is 19.0 Å². The van der Waals surface area contributed by atoms with Crippen molar-refractivity contribution in [2.75, 3.05) is 11.4 Å². The summed E-state index contributed by atoms with van der Waals surface area (Å²) in [5, 5.41) is 4.10. The molecule has 1 aromatic carbocycles. The Bertz CT molecular complexity index is 809. The highest BCUT2D eigenvalue weighted by Crippen LogP contribution is 2.25. The van der Waals surface area contributed by atoms with E-state index in [1.165, 1.54) is 4.57 Å². The Kier molecular flexibility index (Phi) is 3.05. The summed E-state index contributed by atoms with van der Waals surface area (Å²) < 4.78 is 2.13. The number of carbonyl (C=O) groups excluding carboxylic acids is 1. The molecule has 0 fully saturated rings. The first-order valence-electron chi connectivity index (χ1n) is 6.41. The second-order valence-corrected chi connectivity index (χ2v) is 4.67. The van der Waals surface area contributed by atoms with Gasteiger partial charge in [0.25, 0.3) is 0 Å². The Morgan fingerprint density at radius 3 is 2.52 bits per heavy atom. The smallest absolute Gasteiger partial charge is 0.333 e. The van der Waals surface area contributed by atoms with Gasteiger partial charge in [0, 0.05) is 18.8 Å². The normalized spacial score (nSPS) is 13.2. The third kappa shape index (κ3) is 2.20. The summed E-state index contributed by atoms with van der Waals surface area (Å²) in [6.07, 6.45) is 0. The summed E-state index contributed by atoms with van der Waals surface area (Å²) >= 11 is 0. The standard InChI is InChI=1S/C13H13N5O3/c14-10(19)8-18-12(21)11(20)17-7-6-16(13(17)15-18)9-4-2-1-3-5-9/h1-5H,6-8H2,(H2,14,19). The van der Waals surface area contributed by atoms with E-state index in [1.807, 2.05) is 35.2 Å². The van der Waals surface area contributed by atoms with E-state index >= 15 is 0 Å². The molecule has 3 rings (SSSR count). The van der Waals surface area contributed by atoms with Crippen LogP contribution in [0.3, 0.4) is 0 Å². The minimum Gasteiger partial charge on any atom is -0.368 e. The lowest BCUT2D eigenvalue weighted by Gasteiger charge is -2.17. The Labute approximate surface area is 119 Å². The van der Waals surface area contributed by atoms with Gasteiger partial charge in [0.1, 0.15) is 6.54 Å². The van der Waals surface area contributed by atoms with Gasteiger partial charge < -0.3 is 10.6 Å². The van der Waals surface area contributed by atoms with Crippen LogP contribution in [0.25, 0.3) is 0 Å². The number of benzene rings is 1. The molecule has 0 saturated heterocycles. The molecule has 0 spiro atoms. The van der Waals surface area contributed by atoms with E-state index in [0.717, 1.165) is 10.4 Å². The summed E-state index contributed by atoms with van der Waals surface area (Å²) in [7, 11) is 0. The summed E-state index contributed by atoms with van der Waals surface area (Å²) in [5.74, 6) is -0.384. The number of primary amides is 1. The average Bonchev–Trinajstić information content (AvgIpc) is 2.89. The molecule has 0 unspecified atom stereocenters. The molecular formula is C13H13N5O3. The number of nitrogens with zero attached hydrogens (tertiary/aromatic N) is 4. The van der Waals surface area contributed by atoms with Crippen molar-refractivity contribution in [3.63, 3.8) is 0 Å². The molecule has 21 heavy (non-hydrogen) atoms. The lowest BCUT2D eigenvalue weighted by molar-refractivity contribution is -0.118. The number of amides is 1. The number of para-hydroxylation sites is 1. The maximum atomic E-state index is 12.1. The Morgan fingerprint density at radius 1 is 1.14 bits per heavy atom. The van der Waals surface area contributed by atoms with Gasteiger partial charge in [-0.05, 0) is 12.1 Å². The molecule has 108 valence electrons. The molecule has 2 N–H and O–H groups in total. The van der Waals surface area contributed by atoms with Crippen LogP contribution in [0, 0.1) is 0 Å². The van der Waals surface area contributed by atoms with E-state index in [1.54, 1.807) is 0 Å². The Hall–Kier alpha value is -2.90. The summed E-state index contributed by atoms with van der Waals surface area (Å²) in [5.41, 5.74) is 4.40. The first-order valence-corrected chi connectivity index (χ1v) is 6.41. The van der Waals surface area contributed by atoms with Gasteiger partial charge >= 0.3 is 11.1 Å². The van der Waals surface area contributed by atoms with Gasteiger partial charge in [-0.15, -0.1) is 5.10 Å². The van der Waals surface area contributed by atoms with E-state index in [2.05, 4.69) is 5.10 Å². The fourth-order valence-electron chi connectivity index (χ4n) is 2.33. The van der Waals surface area contributed by atoms with Gasteiger partial charge in [-0.1, -0.05) is 18.2 Å². The van der Waals surface area contributed by atoms with Gasteiger partial charge in [0.2, 0.25) is 11.9 Å². The predicted octanol–water partition coefficient (Wildman–Crippen LogP) is -0.958. The molecule has 0 aliphatic carbocycles. The number of rotatable bonds is 3. The maximum absolute atomic E-state index is 12.1. The highest BCUT2D eigenvalue weighted by Gasteiger charge is 2.25. The van der Waals surface area contributed by atoms with Crippen molar-refractivity contribution >= 4 is 17.5 Å². The van der Waals surface area contributed by atoms with Crippen LogP contribution in [0.15, 0.2) is 39.9 Å². The van der Waals surface area contributed by atoms with Crippen LogP contribution < -0.4 is 21.8 Å². The monoisotopic (exact) mass is 287 g/mol. The second-order valence-electron chi connectivity index (χ2n) is 4.67. The van der Waals surface area contributed by atoms with Crippen LogP contribution in [0.5, 0.6) is 0 Å². The van der Waals surface area contributed by atoms with Crippen LogP contribution in [0.4, 0.5) is 11.6 Å². The van der Waals surface area contributed by atoms with Gasteiger partial charge in [-0.25, -0.2) is 4.68 Å². The number of hydrogen-bond acceptors (Lipinski definition) is 5. The second kappa shape index (κ2) is 4.89. The zero-order valence-corrected chi connectivity index (χ0v) is 11.1. The number of hydrogen-bond donors (Lipinski definition) is 1. The van der Waals surface area contributed by atoms with Gasteiger partial charge in [0.15, 0.2) is 0 Å². The molecule has 2 heterocycles. The Balaban J connectivity index is 2.14. The number of anilines is 2. The lowest BCUT2D eigenvalue weighted by Crippen LogP contribution is -2.44. The number of nitrogens with two attached hydrogens (primary N) is 1. The Morgan fingerprint density at radius 2 is 1.86 bits per heavy atom. The third-order valence-electron chi connectivity index (χ3n) is 3.28. The molecule has 1 aliphatic heterocycles. The van der Waals surface area contributed by atoms with E-state index in [-0.39, 0.29) is 0 Å². The van der Waals surface area contributed by atoms with Crippen LogP contribution in [-0.4, -0.2) is 26.8 Å². The van der Waals surface area contributed by atoms with Crippen molar-refractivity contribution in [1.29, 1.82) is 0 Å². The number of aromatic nitrogens is 3. The van der Waals surface area contributed by atoms with Crippen molar-refractivity contribution in [3.05, 3.63) is 51.0 Å². The molecule has 0 saturated carbocycles. The van der Waals surface area contributed by atoms with Gasteiger partial charge in [-0.3, -0.25) is 19.0 Å². The molecule has 0 atom stereocenters. The number of carbonyl (C=O) groups is 1. The minimum atomic E-state index is -0.840. The zero-order valence-electron chi connectivity index (χ0n) is 11.1. The summed E-state index contributed by atoms with van der Waals surface area (Å²) in [4.78, 5) is 36.7. The van der Waals surface area contributed by atoms with Gasteiger partial charge in [0.05, 0.1) is 0 Å². The zero-order chi connectivity index (χ0) is 15.0. The molecular weight excluding hydrogens is 274 g/mol. The molecule has 1 aliphatic rings. The highest BCUT2D eigenvalue weighted by atomic mass is 16.2. The largest absolute Gasteiger partial charge is 0.368 e. The van der Waals surface area contributed by atoms with Crippen LogP contribution in [-0.2, 0) is 17.9 Å².